The Morgan fingerprint density at radius 1 is 1.53 bits per heavy atom. The molecule has 0 spiro atoms. The number of nitrogens with one attached hydrogen (secondary N) is 1. The van der Waals surface area contributed by atoms with E-state index in [0.29, 0.717) is 6.61 Å². The number of anilines is 2. The largest absolute Gasteiger partial charge is 0.381 e. The van der Waals surface area contributed by atoms with Gasteiger partial charge in [-0.25, -0.2) is 13.8 Å². The molecule has 0 saturated carbocycles. The summed E-state index contributed by atoms with van der Waals surface area (Å²) in [6, 6.07) is 0.731. The Morgan fingerprint density at radius 2 is 2.24 bits per heavy atom. The maximum absolute atomic E-state index is 13.5. The molecule has 0 amide bonds. The van der Waals surface area contributed by atoms with Gasteiger partial charge in [0.2, 0.25) is 0 Å². The van der Waals surface area contributed by atoms with E-state index in [4.69, 9.17) is 10.5 Å². The summed E-state index contributed by atoms with van der Waals surface area (Å²) in [7, 11) is 0. The Bertz CT molecular complexity index is 441. The van der Waals surface area contributed by atoms with Crippen LogP contribution in [0.2, 0.25) is 0 Å². The highest BCUT2D eigenvalue weighted by atomic mass is 19.1. The molecule has 0 radical (unpaired) electrons. The summed E-state index contributed by atoms with van der Waals surface area (Å²) in [6.07, 6.45) is 0.655. The van der Waals surface area contributed by atoms with Crippen LogP contribution >= 0.6 is 0 Å². The minimum Gasteiger partial charge on any atom is -0.381 e. The van der Waals surface area contributed by atoms with Gasteiger partial charge in [-0.3, -0.25) is 0 Å². The number of hydrogen-bond acceptors (Lipinski definition) is 4. The van der Waals surface area contributed by atoms with E-state index in [1.807, 2.05) is 13.8 Å². The van der Waals surface area contributed by atoms with E-state index in [2.05, 4.69) is 10.3 Å². The quantitative estimate of drug-likeness (QED) is 0.833. The Kier molecular flexibility index (Phi) is 2.91. The zero-order chi connectivity index (χ0) is 12.6. The number of nitrogen functional groups attached to an aromatic ring is 1. The van der Waals surface area contributed by atoms with Crippen molar-refractivity contribution >= 4 is 11.6 Å². The highest BCUT2D eigenvalue weighted by Crippen LogP contribution is 2.30. The van der Waals surface area contributed by atoms with Gasteiger partial charge in [-0.2, -0.15) is 0 Å². The monoisotopic (exact) mass is 243 g/mol. The number of pyridine rings is 1. The molecule has 1 saturated heterocycles. The number of aromatic nitrogens is 1. The third-order valence-electron chi connectivity index (χ3n) is 3.25. The molecule has 2 atom stereocenters. The predicted octanol–water partition coefficient (Wildman–Crippen LogP) is 1.92. The predicted molar refractivity (Wildman–Crippen MR) is 60.6 cm³/mol. The van der Waals surface area contributed by atoms with Crippen molar-refractivity contribution in [3.63, 3.8) is 0 Å². The Labute approximate surface area is 98.2 Å². The molecule has 17 heavy (non-hydrogen) atoms. The van der Waals surface area contributed by atoms with Crippen molar-refractivity contribution in [2.24, 2.45) is 0 Å². The minimum atomic E-state index is -0.853. The lowest BCUT2D eigenvalue weighted by molar-refractivity contribution is 0.105. The van der Waals surface area contributed by atoms with Gasteiger partial charge in [0.1, 0.15) is 0 Å². The van der Waals surface area contributed by atoms with Crippen LogP contribution in [0.15, 0.2) is 6.07 Å². The summed E-state index contributed by atoms with van der Waals surface area (Å²) in [4.78, 5) is 3.68. The lowest BCUT2D eigenvalue weighted by Gasteiger charge is -2.29. The fourth-order valence-corrected chi connectivity index (χ4v) is 1.84. The van der Waals surface area contributed by atoms with Gasteiger partial charge < -0.3 is 15.8 Å². The summed E-state index contributed by atoms with van der Waals surface area (Å²) in [5.41, 5.74) is 4.90. The molecule has 1 aromatic heterocycles. The first-order valence-electron chi connectivity index (χ1n) is 5.44. The van der Waals surface area contributed by atoms with Crippen molar-refractivity contribution in [2.45, 2.75) is 31.9 Å². The average Bonchev–Trinajstić information content (AvgIpc) is 2.56. The maximum atomic E-state index is 13.5. The highest BCUT2D eigenvalue weighted by Gasteiger charge is 2.37. The van der Waals surface area contributed by atoms with Crippen LogP contribution in [0.1, 0.15) is 20.3 Å². The molecule has 2 rings (SSSR count). The van der Waals surface area contributed by atoms with Gasteiger partial charge in [0.15, 0.2) is 23.3 Å². The Hall–Kier alpha value is -1.43. The molecule has 1 aromatic rings. The van der Waals surface area contributed by atoms with Crippen molar-refractivity contribution in [3.05, 3.63) is 17.7 Å². The first kappa shape index (κ1) is 12.0. The Morgan fingerprint density at radius 3 is 2.82 bits per heavy atom. The zero-order valence-corrected chi connectivity index (χ0v) is 9.76. The van der Waals surface area contributed by atoms with Crippen LogP contribution in [0, 0.1) is 11.6 Å². The second-order valence-corrected chi connectivity index (χ2v) is 4.49. The molecule has 6 heteroatoms. The van der Waals surface area contributed by atoms with Gasteiger partial charge in [0.25, 0.3) is 0 Å². The molecule has 94 valence electrons. The number of rotatable bonds is 2. The van der Waals surface area contributed by atoms with E-state index in [-0.39, 0.29) is 17.7 Å². The number of ether oxygens (including phenoxy) is 1. The van der Waals surface area contributed by atoms with Crippen LogP contribution in [-0.2, 0) is 4.74 Å². The number of halogens is 2. The van der Waals surface area contributed by atoms with Gasteiger partial charge in [-0.15, -0.1) is 0 Å². The number of nitrogens with zero attached hydrogens (tertiary/aromatic N) is 1. The standard InChI is InChI=1S/C11H15F2N3O/c1-6-11(2,3-4-17-6)16-10-8(13)5-7(12)9(14)15-10/h5-6H,3-4H2,1-2H3,(H3,14,15,16). The van der Waals surface area contributed by atoms with E-state index in [9.17, 15) is 8.78 Å². The topological polar surface area (TPSA) is 60.2 Å². The molecule has 0 bridgehead atoms. The van der Waals surface area contributed by atoms with E-state index in [1.54, 1.807) is 0 Å². The van der Waals surface area contributed by atoms with Crippen molar-refractivity contribution in [1.82, 2.24) is 4.98 Å². The van der Waals surface area contributed by atoms with E-state index in [0.717, 1.165) is 12.5 Å². The van der Waals surface area contributed by atoms with Crippen LogP contribution in [0.4, 0.5) is 20.4 Å². The molecule has 2 unspecified atom stereocenters. The second kappa shape index (κ2) is 4.10. The number of nitrogens with two attached hydrogens (primary N) is 1. The normalized spacial score (nSPS) is 28.4. The third-order valence-corrected chi connectivity index (χ3v) is 3.25. The average molecular weight is 243 g/mol. The van der Waals surface area contributed by atoms with Crippen molar-refractivity contribution in [3.8, 4) is 0 Å². The number of hydrogen-bond donors (Lipinski definition) is 2. The van der Waals surface area contributed by atoms with Crippen LogP contribution in [0.25, 0.3) is 0 Å². The van der Waals surface area contributed by atoms with Gasteiger partial charge in [0, 0.05) is 12.7 Å². The van der Waals surface area contributed by atoms with Crippen LogP contribution in [0.3, 0.4) is 0 Å². The van der Waals surface area contributed by atoms with Gasteiger partial charge in [-0.1, -0.05) is 0 Å². The van der Waals surface area contributed by atoms with E-state index in [1.165, 1.54) is 0 Å². The fourth-order valence-electron chi connectivity index (χ4n) is 1.84. The highest BCUT2D eigenvalue weighted by molar-refractivity contribution is 5.47. The SMILES string of the molecule is CC1OCCC1(C)Nc1nc(N)c(F)cc1F. The lowest BCUT2D eigenvalue weighted by atomic mass is 9.95. The van der Waals surface area contributed by atoms with Crippen LogP contribution in [-0.4, -0.2) is 23.2 Å². The van der Waals surface area contributed by atoms with Gasteiger partial charge >= 0.3 is 0 Å². The third kappa shape index (κ3) is 2.17. The Balaban J connectivity index is 2.27. The van der Waals surface area contributed by atoms with Crippen molar-refractivity contribution < 1.29 is 13.5 Å². The first-order chi connectivity index (χ1) is 7.92. The molecule has 0 aromatic carbocycles. The van der Waals surface area contributed by atoms with Crippen molar-refractivity contribution in [2.75, 3.05) is 17.7 Å². The van der Waals surface area contributed by atoms with Crippen LogP contribution < -0.4 is 11.1 Å². The van der Waals surface area contributed by atoms with Crippen LogP contribution in [0.5, 0.6) is 0 Å². The first-order valence-corrected chi connectivity index (χ1v) is 5.44. The lowest BCUT2D eigenvalue weighted by Crippen LogP contribution is -2.41. The summed E-state index contributed by atoms with van der Waals surface area (Å²) in [6.45, 7) is 4.40. The maximum Gasteiger partial charge on any atom is 0.168 e. The molecule has 1 aliphatic rings. The van der Waals surface area contributed by atoms with Gasteiger partial charge in [0.05, 0.1) is 11.6 Å². The molecular weight excluding hydrogens is 228 g/mol. The molecule has 3 N–H and O–H groups in total. The second-order valence-electron chi connectivity index (χ2n) is 4.49. The van der Waals surface area contributed by atoms with E-state index < -0.39 is 17.2 Å². The molecule has 2 heterocycles. The summed E-state index contributed by atoms with van der Waals surface area (Å²) >= 11 is 0. The molecule has 1 aliphatic heterocycles. The van der Waals surface area contributed by atoms with Crippen molar-refractivity contribution in [1.29, 1.82) is 0 Å². The molecule has 1 fully saturated rings. The summed E-state index contributed by atoms with van der Waals surface area (Å²) in [5.74, 6) is -1.96. The fraction of sp³-hybridized carbons (Fsp3) is 0.545. The molecular formula is C11H15F2N3O. The smallest absolute Gasteiger partial charge is 0.168 e. The summed E-state index contributed by atoms with van der Waals surface area (Å²) < 4.78 is 31.9. The van der Waals surface area contributed by atoms with Gasteiger partial charge in [-0.05, 0) is 20.3 Å². The minimum absolute atomic E-state index is 0.0382. The molecule has 4 nitrogen and oxygen atoms in total. The molecule has 0 aliphatic carbocycles. The van der Waals surface area contributed by atoms with E-state index >= 15 is 0 Å². The summed E-state index contributed by atoms with van der Waals surface area (Å²) in [5, 5.41) is 2.95. The zero-order valence-electron chi connectivity index (χ0n) is 9.76.